The molecular weight excluding hydrogens is 162 g/mol. The summed E-state index contributed by atoms with van der Waals surface area (Å²) in [6, 6.07) is 0. The normalized spacial score (nSPS) is 44.4. The molecule has 1 spiro atoms. The number of rotatable bonds is 0. The molecule has 0 unspecified atom stereocenters. The Morgan fingerprint density at radius 2 is 2.73 bits per heavy atom. The molecule has 3 rings (SSSR count). The molecule has 58 valence electrons. The molecule has 1 fully saturated rings. The van der Waals surface area contributed by atoms with Crippen LogP contribution in [0.1, 0.15) is 0 Å². The first kappa shape index (κ1) is 5.94. The Balaban J connectivity index is 2.08. The van der Waals surface area contributed by atoms with Crippen molar-refractivity contribution >= 4 is 17.5 Å². The van der Waals surface area contributed by atoms with Gasteiger partial charge in [-0.25, -0.2) is 0 Å². The van der Waals surface area contributed by atoms with Crippen LogP contribution in [0.4, 0.5) is 0 Å². The lowest BCUT2D eigenvalue weighted by molar-refractivity contribution is 0.0178. The van der Waals surface area contributed by atoms with Gasteiger partial charge < -0.3 is 9.57 Å². The van der Waals surface area contributed by atoms with E-state index in [1.165, 1.54) is 0 Å². The minimum atomic E-state index is -0.204. The maximum atomic E-state index is 5.53. The number of hydrogen-bond donors (Lipinski definition) is 0. The van der Waals surface area contributed by atoms with Crippen molar-refractivity contribution in [3.8, 4) is 0 Å². The first-order valence-electron chi connectivity index (χ1n) is 3.57. The molecular formula is C7H7NO2S. The second-order valence-corrected chi connectivity index (χ2v) is 3.88. The molecule has 0 aromatic heterocycles. The third-order valence-electron chi connectivity index (χ3n) is 2.31. The Morgan fingerprint density at radius 3 is 3.73 bits per heavy atom. The third-order valence-corrected chi connectivity index (χ3v) is 3.42. The van der Waals surface area contributed by atoms with Gasteiger partial charge in [0.2, 0.25) is 5.60 Å². The zero-order chi connectivity index (χ0) is 7.31. The van der Waals surface area contributed by atoms with E-state index in [-0.39, 0.29) is 11.7 Å². The lowest BCUT2D eigenvalue weighted by Gasteiger charge is -2.20. The topological polar surface area (TPSA) is 30.8 Å². The number of oxime groups is 1. The van der Waals surface area contributed by atoms with E-state index < -0.39 is 0 Å². The molecule has 0 radical (unpaired) electrons. The average Bonchev–Trinajstić information content (AvgIpc) is 2.55. The standard InChI is InChI=1S/C7H7NO2S/c1-2-9-7-4-11-3-5(7)8-10-6(1)7/h1-2,6H,3-4H2/t6-,7-/m1/s1. The monoisotopic (exact) mass is 169 g/mol. The number of nitrogens with zero attached hydrogens (tertiary/aromatic N) is 1. The maximum Gasteiger partial charge on any atom is 0.202 e. The molecule has 0 aromatic carbocycles. The van der Waals surface area contributed by atoms with E-state index in [1.54, 1.807) is 6.26 Å². The fraction of sp³-hybridized carbons (Fsp3) is 0.571. The Hall–Kier alpha value is -0.640. The Morgan fingerprint density at radius 1 is 1.73 bits per heavy atom. The fourth-order valence-corrected chi connectivity index (χ4v) is 2.95. The van der Waals surface area contributed by atoms with Crippen LogP contribution in [0.2, 0.25) is 0 Å². The summed E-state index contributed by atoms with van der Waals surface area (Å²) in [4.78, 5) is 5.20. The molecule has 3 aliphatic heterocycles. The minimum absolute atomic E-state index is 0.0486. The van der Waals surface area contributed by atoms with Crippen molar-refractivity contribution in [2.24, 2.45) is 5.16 Å². The molecule has 0 aliphatic carbocycles. The van der Waals surface area contributed by atoms with Crippen LogP contribution in [0.5, 0.6) is 0 Å². The summed E-state index contributed by atoms with van der Waals surface area (Å²) in [6.07, 6.45) is 3.71. The number of hydrogen-bond acceptors (Lipinski definition) is 4. The van der Waals surface area contributed by atoms with Gasteiger partial charge in [0.25, 0.3) is 0 Å². The van der Waals surface area contributed by atoms with Crippen LogP contribution >= 0.6 is 11.8 Å². The minimum Gasteiger partial charge on any atom is -0.484 e. The van der Waals surface area contributed by atoms with Crippen molar-refractivity contribution in [2.45, 2.75) is 11.7 Å². The van der Waals surface area contributed by atoms with E-state index in [0.29, 0.717) is 0 Å². The van der Waals surface area contributed by atoms with Gasteiger partial charge in [-0.05, 0) is 6.08 Å². The number of ether oxygens (including phenoxy) is 1. The van der Waals surface area contributed by atoms with Crippen molar-refractivity contribution in [1.29, 1.82) is 0 Å². The molecule has 2 atom stereocenters. The summed E-state index contributed by atoms with van der Waals surface area (Å²) in [6.45, 7) is 0. The summed E-state index contributed by atoms with van der Waals surface area (Å²) in [5, 5.41) is 3.99. The lowest BCUT2D eigenvalue weighted by Crippen LogP contribution is -2.43. The molecule has 0 saturated carbocycles. The SMILES string of the molecule is C1=C[C@H]2ON=C3CSC[C@@]32O1. The fourth-order valence-electron chi connectivity index (χ4n) is 1.65. The Labute approximate surface area is 68.4 Å². The molecule has 3 aliphatic rings. The highest BCUT2D eigenvalue weighted by molar-refractivity contribution is 8.00. The van der Waals surface area contributed by atoms with E-state index >= 15 is 0 Å². The summed E-state index contributed by atoms with van der Waals surface area (Å²) in [7, 11) is 0. The van der Waals surface area contributed by atoms with Crippen molar-refractivity contribution in [3.05, 3.63) is 12.3 Å². The van der Waals surface area contributed by atoms with Gasteiger partial charge in [0.05, 0.1) is 6.26 Å². The second kappa shape index (κ2) is 1.75. The molecule has 0 aromatic rings. The van der Waals surface area contributed by atoms with Crippen LogP contribution in [0, 0.1) is 0 Å². The highest BCUT2D eigenvalue weighted by Crippen LogP contribution is 2.41. The van der Waals surface area contributed by atoms with E-state index in [2.05, 4.69) is 5.16 Å². The third kappa shape index (κ3) is 0.550. The lowest BCUT2D eigenvalue weighted by atomic mass is 9.96. The van der Waals surface area contributed by atoms with Gasteiger partial charge in [0.1, 0.15) is 5.71 Å². The molecule has 3 nitrogen and oxygen atoms in total. The smallest absolute Gasteiger partial charge is 0.202 e. The van der Waals surface area contributed by atoms with Crippen molar-refractivity contribution in [1.82, 2.24) is 0 Å². The van der Waals surface area contributed by atoms with E-state index in [9.17, 15) is 0 Å². The van der Waals surface area contributed by atoms with Crippen molar-refractivity contribution < 1.29 is 9.57 Å². The highest BCUT2D eigenvalue weighted by Gasteiger charge is 2.56. The van der Waals surface area contributed by atoms with Gasteiger partial charge in [0.15, 0.2) is 6.10 Å². The van der Waals surface area contributed by atoms with Crippen LogP contribution in [-0.2, 0) is 9.57 Å². The van der Waals surface area contributed by atoms with Crippen molar-refractivity contribution in [3.63, 3.8) is 0 Å². The van der Waals surface area contributed by atoms with Gasteiger partial charge in [-0.2, -0.15) is 11.8 Å². The predicted octanol–water partition coefficient (Wildman–Crippen LogP) is 0.771. The van der Waals surface area contributed by atoms with Crippen LogP contribution < -0.4 is 0 Å². The largest absolute Gasteiger partial charge is 0.484 e. The van der Waals surface area contributed by atoms with Gasteiger partial charge in [-0.15, -0.1) is 0 Å². The molecule has 3 heterocycles. The highest BCUT2D eigenvalue weighted by atomic mass is 32.2. The van der Waals surface area contributed by atoms with Crippen LogP contribution in [-0.4, -0.2) is 28.9 Å². The zero-order valence-corrected chi connectivity index (χ0v) is 6.63. The number of thioether (sulfide) groups is 1. The van der Waals surface area contributed by atoms with Gasteiger partial charge >= 0.3 is 0 Å². The summed E-state index contributed by atoms with van der Waals surface area (Å²) < 4.78 is 5.53. The maximum absolute atomic E-state index is 5.53. The van der Waals surface area contributed by atoms with Crippen LogP contribution in [0.15, 0.2) is 17.5 Å². The molecule has 11 heavy (non-hydrogen) atoms. The van der Waals surface area contributed by atoms with Gasteiger partial charge in [-0.1, -0.05) is 5.16 Å². The molecule has 4 heteroatoms. The average molecular weight is 169 g/mol. The Bertz CT molecular complexity index is 263. The summed E-state index contributed by atoms with van der Waals surface area (Å²) in [5.74, 6) is 1.93. The predicted molar refractivity (Wildman–Crippen MR) is 42.6 cm³/mol. The first-order chi connectivity index (χ1) is 5.42. The first-order valence-corrected chi connectivity index (χ1v) is 4.73. The van der Waals surface area contributed by atoms with Crippen molar-refractivity contribution in [2.75, 3.05) is 11.5 Å². The quantitative estimate of drug-likeness (QED) is 0.536. The van der Waals surface area contributed by atoms with E-state index in [1.807, 2.05) is 17.8 Å². The van der Waals surface area contributed by atoms with Gasteiger partial charge in [0, 0.05) is 11.5 Å². The summed E-state index contributed by atoms with van der Waals surface area (Å²) in [5.41, 5.74) is 0.863. The molecule has 0 amide bonds. The van der Waals surface area contributed by atoms with Crippen LogP contribution in [0.3, 0.4) is 0 Å². The second-order valence-electron chi connectivity index (χ2n) is 2.89. The van der Waals surface area contributed by atoms with E-state index in [0.717, 1.165) is 17.2 Å². The summed E-state index contributed by atoms with van der Waals surface area (Å²) >= 11 is 1.86. The van der Waals surface area contributed by atoms with E-state index in [4.69, 9.17) is 9.57 Å². The van der Waals surface area contributed by atoms with Gasteiger partial charge in [-0.3, -0.25) is 0 Å². The molecule has 0 bridgehead atoms. The van der Waals surface area contributed by atoms with Crippen LogP contribution in [0.25, 0.3) is 0 Å². The molecule has 0 N–H and O–H groups in total. The Kier molecular flexibility index (Phi) is 0.943. The molecule has 1 saturated heterocycles. The zero-order valence-electron chi connectivity index (χ0n) is 5.82.